The standard InChI is InChI=1S/C18H15N3O6S/c1-7-11(18(25)26-2)17(28-13(7)14(19)23)21-16(24)9-6-8-4-3-5-10(22)12(8)27-15(9)20/h3-6,20,22H,1-2H3,(H2,19,23)(H,21,24). The number of aromatic hydroxyl groups is 1. The number of amides is 2. The van der Waals surface area contributed by atoms with Gasteiger partial charge in [-0.05, 0) is 24.6 Å². The zero-order valence-electron chi connectivity index (χ0n) is 14.8. The van der Waals surface area contributed by atoms with Crippen molar-refractivity contribution in [1.29, 1.82) is 5.41 Å². The Bertz CT molecular complexity index is 1190. The van der Waals surface area contributed by atoms with Crippen molar-refractivity contribution in [1.82, 2.24) is 0 Å². The van der Waals surface area contributed by atoms with Gasteiger partial charge in [0.1, 0.15) is 10.6 Å². The van der Waals surface area contributed by atoms with Crippen LogP contribution in [0.15, 0.2) is 28.7 Å². The predicted octanol–water partition coefficient (Wildman–Crippen LogP) is 2.13. The number of carbonyl (C=O) groups is 3. The average molecular weight is 401 g/mol. The molecule has 9 nitrogen and oxygen atoms in total. The summed E-state index contributed by atoms with van der Waals surface area (Å²) in [5.41, 5.74) is 5.09. The van der Waals surface area contributed by atoms with E-state index in [0.717, 1.165) is 11.3 Å². The van der Waals surface area contributed by atoms with E-state index >= 15 is 0 Å². The van der Waals surface area contributed by atoms with Gasteiger partial charge in [0.25, 0.3) is 11.8 Å². The van der Waals surface area contributed by atoms with Gasteiger partial charge in [-0.15, -0.1) is 11.3 Å². The van der Waals surface area contributed by atoms with E-state index in [1.54, 1.807) is 12.1 Å². The lowest BCUT2D eigenvalue weighted by atomic mass is 10.1. The van der Waals surface area contributed by atoms with Gasteiger partial charge in [-0.3, -0.25) is 15.0 Å². The predicted molar refractivity (Wildman–Crippen MR) is 101 cm³/mol. The summed E-state index contributed by atoms with van der Waals surface area (Å²) in [5.74, 6) is -2.38. The number of nitrogens with one attached hydrogen (secondary N) is 2. The third kappa shape index (κ3) is 3.21. The van der Waals surface area contributed by atoms with Crippen molar-refractivity contribution in [2.75, 3.05) is 12.4 Å². The van der Waals surface area contributed by atoms with Crippen LogP contribution >= 0.6 is 11.3 Å². The number of fused-ring (bicyclic) bond motifs is 1. The van der Waals surface area contributed by atoms with E-state index in [0.29, 0.717) is 10.9 Å². The minimum atomic E-state index is -0.745. The molecule has 0 atom stereocenters. The maximum atomic E-state index is 12.7. The quantitative estimate of drug-likeness (QED) is 0.491. The van der Waals surface area contributed by atoms with Crippen molar-refractivity contribution in [3.63, 3.8) is 0 Å². The molecule has 1 aromatic carbocycles. The van der Waals surface area contributed by atoms with Crippen LogP contribution in [-0.2, 0) is 4.74 Å². The summed E-state index contributed by atoms with van der Waals surface area (Å²) in [5, 5.41) is 20.7. The number of esters is 1. The van der Waals surface area contributed by atoms with Gasteiger partial charge < -0.3 is 25.3 Å². The monoisotopic (exact) mass is 401 g/mol. The molecule has 0 aliphatic carbocycles. The Hall–Kier alpha value is -3.66. The van der Waals surface area contributed by atoms with Crippen molar-refractivity contribution in [2.45, 2.75) is 6.92 Å². The van der Waals surface area contributed by atoms with Gasteiger partial charge in [-0.2, -0.15) is 0 Å². The Balaban J connectivity index is 2.06. The summed E-state index contributed by atoms with van der Waals surface area (Å²) in [6.07, 6.45) is 0. The molecule has 0 fully saturated rings. The molecule has 2 heterocycles. The zero-order chi connectivity index (χ0) is 20.6. The molecular formula is C18H15N3O6S. The van der Waals surface area contributed by atoms with E-state index in [1.165, 1.54) is 26.2 Å². The van der Waals surface area contributed by atoms with Crippen molar-refractivity contribution < 1.29 is 28.6 Å². The first kappa shape index (κ1) is 19.1. The Morgan fingerprint density at radius 3 is 2.68 bits per heavy atom. The van der Waals surface area contributed by atoms with E-state index in [2.05, 4.69) is 5.32 Å². The molecule has 0 bridgehead atoms. The molecule has 0 saturated heterocycles. The molecule has 0 aliphatic heterocycles. The second kappa shape index (κ2) is 7.16. The molecule has 3 aromatic rings. The normalized spacial score (nSPS) is 10.6. The van der Waals surface area contributed by atoms with Crippen molar-refractivity contribution in [3.8, 4) is 5.75 Å². The van der Waals surface area contributed by atoms with Crippen molar-refractivity contribution in [2.24, 2.45) is 5.73 Å². The molecule has 0 spiro atoms. The first-order chi connectivity index (χ1) is 13.2. The number of nitrogens with two attached hydrogens (primary N) is 1. The van der Waals surface area contributed by atoms with Crippen molar-refractivity contribution >= 4 is 45.1 Å². The number of methoxy groups -OCH3 is 1. The number of phenolic OH excluding ortho intramolecular Hbond substituents is 1. The van der Waals surface area contributed by atoms with Gasteiger partial charge in [0.2, 0.25) is 5.55 Å². The molecule has 2 amide bonds. The SMILES string of the molecule is COC(=O)c1c(NC(=O)c2cc3cccc(O)c3oc2=N)sc(C(N)=O)c1C. The number of hydrogen-bond acceptors (Lipinski definition) is 8. The highest BCUT2D eigenvalue weighted by Crippen LogP contribution is 2.34. The zero-order valence-corrected chi connectivity index (χ0v) is 15.6. The fourth-order valence-electron chi connectivity index (χ4n) is 2.67. The Morgan fingerprint density at radius 1 is 1.32 bits per heavy atom. The Kier molecular flexibility index (Phi) is 4.89. The van der Waals surface area contributed by atoms with Gasteiger partial charge >= 0.3 is 5.97 Å². The van der Waals surface area contributed by atoms with E-state index in [1.807, 2.05) is 0 Å². The maximum Gasteiger partial charge on any atom is 0.341 e. The molecule has 144 valence electrons. The summed E-state index contributed by atoms with van der Waals surface area (Å²) in [6, 6.07) is 5.95. The highest BCUT2D eigenvalue weighted by molar-refractivity contribution is 7.18. The summed E-state index contributed by atoms with van der Waals surface area (Å²) in [7, 11) is 1.17. The van der Waals surface area contributed by atoms with Crippen molar-refractivity contribution in [3.05, 3.63) is 51.4 Å². The van der Waals surface area contributed by atoms with Crippen LogP contribution in [0.25, 0.3) is 11.0 Å². The van der Waals surface area contributed by atoms with Crippen LogP contribution in [0.2, 0.25) is 0 Å². The van der Waals surface area contributed by atoms with E-state index in [-0.39, 0.29) is 32.3 Å². The molecule has 28 heavy (non-hydrogen) atoms. The van der Waals surface area contributed by atoms with Crippen LogP contribution in [-0.4, -0.2) is 30.0 Å². The number of para-hydroxylation sites is 1. The van der Waals surface area contributed by atoms with Crippen LogP contribution in [0.5, 0.6) is 5.75 Å². The molecule has 5 N–H and O–H groups in total. The van der Waals surface area contributed by atoms with Crippen LogP contribution in [0.1, 0.15) is 36.0 Å². The van der Waals surface area contributed by atoms with Crippen LogP contribution in [0, 0.1) is 12.3 Å². The first-order valence-electron chi connectivity index (χ1n) is 7.87. The van der Waals surface area contributed by atoms with Gasteiger partial charge in [-0.25, -0.2) is 4.79 Å². The number of hydrogen-bond donors (Lipinski definition) is 4. The summed E-state index contributed by atoms with van der Waals surface area (Å²) in [4.78, 5) is 36.5. The maximum absolute atomic E-state index is 12.7. The number of phenols is 1. The van der Waals surface area contributed by atoms with E-state index in [9.17, 15) is 19.5 Å². The van der Waals surface area contributed by atoms with E-state index in [4.69, 9.17) is 20.3 Å². The number of primary amides is 1. The second-order valence-electron chi connectivity index (χ2n) is 5.75. The van der Waals surface area contributed by atoms with Gasteiger partial charge in [0.15, 0.2) is 11.3 Å². The molecule has 0 radical (unpaired) electrons. The highest BCUT2D eigenvalue weighted by atomic mass is 32.1. The van der Waals surface area contributed by atoms with Crippen LogP contribution in [0.4, 0.5) is 5.00 Å². The molecule has 2 aromatic heterocycles. The molecular weight excluding hydrogens is 386 g/mol. The molecule has 10 heteroatoms. The summed E-state index contributed by atoms with van der Waals surface area (Å²) in [6.45, 7) is 1.52. The van der Waals surface area contributed by atoms with Gasteiger partial charge in [-0.1, -0.05) is 12.1 Å². The smallest absolute Gasteiger partial charge is 0.341 e. The fourth-order valence-corrected chi connectivity index (χ4v) is 3.71. The number of benzene rings is 1. The second-order valence-corrected chi connectivity index (χ2v) is 6.78. The molecule has 3 rings (SSSR count). The van der Waals surface area contributed by atoms with Gasteiger partial charge in [0.05, 0.1) is 17.6 Å². The Morgan fingerprint density at radius 2 is 2.04 bits per heavy atom. The average Bonchev–Trinajstić information content (AvgIpc) is 2.97. The van der Waals surface area contributed by atoms with Gasteiger partial charge in [0, 0.05) is 5.39 Å². The number of thiophene rings is 1. The minimum Gasteiger partial charge on any atom is -0.504 e. The lowest BCUT2D eigenvalue weighted by molar-refractivity contribution is 0.0601. The number of anilines is 1. The van der Waals surface area contributed by atoms with Crippen LogP contribution < -0.4 is 16.6 Å². The third-order valence-corrected chi connectivity index (χ3v) is 5.23. The lowest BCUT2D eigenvalue weighted by Gasteiger charge is -2.07. The fraction of sp³-hybridized carbons (Fsp3) is 0.111. The molecule has 0 saturated carbocycles. The van der Waals surface area contributed by atoms with Crippen LogP contribution in [0.3, 0.4) is 0 Å². The minimum absolute atomic E-state index is 0.0107. The largest absolute Gasteiger partial charge is 0.504 e. The summed E-state index contributed by atoms with van der Waals surface area (Å²) < 4.78 is 9.96. The molecule has 0 aliphatic rings. The number of carbonyl (C=O) groups excluding carboxylic acids is 3. The summed E-state index contributed by atoms with van der Waals surface area (Å²) >= 11 is 0.834. The third-order valence-electron chi connectivity index (χ3n) is 4.01. The highest BCUT2D eigenvalue weighted by Gasteiger charge is 2.26. The Labute approximate surface area is 161 Å². The topological polar surface area (TPSA) is 156 Å². The first-order valence-corrected chi connectivity index (χ1v) is 8.69. The number of ether oxygens (including phenoxy) is 1. The molecule has 0 unspecified atom stereocenters. The lowest BCUT2D eigenvalue weighted by Crippen LogP contribution is -2.21. The van der Waals surface area contributed by atoms with E-state index < -0.39 is 23.3 Å². The number of rotatable bonds is 4.